The van der Waals surface area contributed by atoms with Gasteiger partial charge in [-0.15, -0.1) is 0 Å². The quantitative estimate of drug-likeness (QED) is 0.276. The Hall–Kier alpha value is -2.72. The maximum atomic E-state index is 13.8. The number of aliphatic hydroxyl groups is 1. The van der Waals surface area contributed by atoms with Crippen LogP contribution in [-0.4, -0.2) is 85.0 Å². The summed E-state index contributed by atoms with van der Waals surface area (Å²) >= 11 is 0. The molecular weight excluding hydrogens is 554 g/mol. The van der Waals surface area contributed by atoms with Gasteiger partial charge in [0.1, 0.15) is 12.7 Å². The van der Waals surface area contributed by atoms with Crippen molar-refractivity contribution in [1.29, 1.82) is 0 Å². The molecule has 3 saturated carbocycles. The number of allylic oxidation sites excluding steroid dienone is 1. The van der Waals surface area contributed by atoms with E-state index in [1.165, 1.54) is 17.9 Å². The standard InChI is InChI=1S/C33H45NO9/c1-17-13-25(41-29(38)21(17)15-40-19(3)36)18(2)22-7-8-23-20-14-28-33(43-28)27(42-30(39)34(5)6)10-9-26(37)32(33,16-35)24(20)11-12-31(22,23)4/h9-10,18,20,22-25,27-28,35H,7-8,11-16H2,1-6H3/t18-,20-,22+,23-,24-,25+,27-,28+,31+,32-,33+/m0/s1. The number of carbonyl (C=O) groups excluding carboxylic acids is 4. The number of hydrogen-bond acceptors (Lipinski definition) is 9. The molecule has 43 heavy (non-hydrogen) atoms. The summed E-state index contributed by atoms with van der Waals surface area (Å²) in [5, 5.41) is 11.0. The molecular formula is C33H45NO9. The van der Waals surface area contributed by atoms with E-state index in [0.717, 1.165) is 37.7 Å². The van der Waals surface area contributed by atoms with Crippen LogP contribution in [-0.2, 0) is 33.3 Å². The van der Waals surface area contributed by atoms with E-state index < -0.39 is 35.2 Å². The number of nitrogens with zero attached hydrogens (tertiary/aromatic N) is 1. The minimum Gasteiger partial charge on any atom is -0.461 e. The van der Waals surface area contributed by atoms with E-state index in [2.05, 4.69) is 13.8 Å². The van der Waals surface area contributed by atoms with E-state index in [9.17, 15) is 24.3 Å². The van der Waals surface area contributed by atoms with Gasteiger partial charge >= 0.3 is 18.0 Å². The zero-order chi connectivity index (χ0) is 31.1. The molecule has 10 nitrogen and oxygen atoms in total. The van der Waals surface area contributed by atoms with Crippen LogP contribution in [0.15, 0.2) is 23.3 Å². The minimum absolute atomic E-state index is 0.0154. The third kappa shape index (κ3) is 4.25. The number of esters is 2. The van der Waals surface area contributed by atoms with E-state index in [1.807, 2.05) is 6.92 Å². The number of carbonyl (C=O) groups is 4. The molecule has 1 amide bonds. The Kier molecular flexibility index (Phi) is 7.35. The molecule has 0 radical (unpaired) electrons. The Bertz CT molecular complexity index is 1290. The molecule has 236 valence electrons. The van der Waals surface area contributed by atoms with E-state index in [0.29, 0.717) is 23.8 Å². The van der Waals surface area contributed by atoms with Gasteiger partial charge in [-0.05, 0) is 86.2 Å². The SMILES string of the molecule is CC(=O)OCC1=C(C)C[C@H]([C@@H](C)[C@H]2CC[C@H]3[C@@H]4C[C@H]5O[C@]56[C@@H](OC(=O)N(C)C)C=CC(=O)[C@]6(CO)[C@H]4CC[C@]23C)OC1=O. The fourth-order valence-corrected chi connectivity index (χ4v) is 10.2. The predicted molar refractivity (Wildman–Crippen MR) is 153 cm³/mol. The van der Waals surface area contributed by atoms with Gasteiger partial charge in [0.25, 0.3) is 0 Å². The summed E-state index contributed by atoms with van der Waals surface area (Å²) in [5.74, 6) is -0.0675. The van der Waals surface area contributed by atoms with Gasteiger partial charge in [-0.2, -0.15) is 0 Å². The molecule has 4 fully saturated rings. The van der Waals surface area contributed by atoms with Crippen molar-refractivity contribution in [2.45, 2.75) is 90.1 Å². The molecule has 10 heteroatoms. The molecule has 0 unspecified atom stereocenters. The highest BCUT2D eigenvalue weighted by Gasteiger charge is 2.82. The van der Waals surface area contributed by atoms with Crippen molar-refractivity contribution in [3.63, 3.8) is 0 Å². The van der Waals surface area contributed by atoms with Gasteiger partial charge < -0.3 is 29.0 Å². The summed E-state index contributed by atoms with van der Waals surface area (Å²) in [4.78, 5) is 51.9. The van der Waals surface area contributed by atoms with Crippen molar-refractivity contribution < 1.29 is 43.2 Å². The number of rotatable bonds is 6. The third-order valence-corrected chi connectivity index (χ3v) is 12.4. The summed E-state index contributed by atoms with van der Waals surface area (Å²) in [7, 11) is 3.23. The highest BCUT2D eigenvalue weighted by molar-refractivity contribution is 5.99. The molecule has 6 aliphatic rings. The molecule has 0 aromatic rings. The molecule has 6 rings (SSSR count). The summed E-state index contributed by atoms with van der Waals surface area (Å²) in [5.41, 5.74) is -0.844. The van der Waals surface area contributed by atoms with E-state index in [-0.39, 0.29) is 54.4 Å². The van der Waals surface area contributed by atoms with E-state index in [4.69, 9.17) is 18.9 Å². The number of cyclic esters (lactones) is 1. The smallest absolute Gasteiger partial charge is 0.409 e. The van der Waals surface area contributed by atoms with Crippen LogP contribution in [0.1, 0.15) is 66.2 Å². The number of fused-ring (bicyclic) bond motifs is 4. The van der Waals surface area contributed by atoms with Gasteiger partial charge in [-0.1, -0.05) is 19.4 Å². The topological polar surface area (TPSA) is 132 Å². The highest BCUT2D eigenvalue weighted by atomic mass is 16.7. The molecule has 2 heterocycles. The Morgan fingerprint density at radius 3 is 2.58 bits per heavy atom. The summed E-state index contributed by atoms with van der Waals surface area (Å²) in [6.07, 6.45) is 6.43. The van der Waals surface area contributed by atoms with Crippen LogP contribution in [0, 0.1) is 40.4 Å². The number of ether oxygens (including phenoxy) is 4. The predicted octanol–water partition coefficient (Wildman–Crippen LogP) is 3.60. The van der Waals surface area contributed by atoms with Gasteiger partial charge in [-0.25, -0.2) is 9.59 Å². The maximum Gasteiger partial charge on any atom is 0.409 e. The van der Waals surface area contributed by atoms with Crippen LogP contribution >= 0.6 is 0 Å². The molecule has 0 aromatic carbocycles. The molecule has 1 saturated heterocycles. The second-order valence-corrected chi connectivity index (χ2v) is 14.3. The van der Waals surface area contributed by atoms with Crippen molar-refractivity contribution in [2.24, 2.45) is 40.4 Å². The van der Waals surface area contributed by atoms with Gasteiger partial charge in [0.05, 0.1) is 23.7 Å². The van der Waals surface area contributed by atoms with Crippen LogP contribution < -0.4 is 0 Å². The van der Waals surface area contributed by atoms with Crippen LogP contribution in [0.5, 0.6) is 0 Å². The molecule has 2 aliphatic heterocycles. The second kappa shape index (κ2) is 10.4. The molecule has 1 N–H and O–H groups in total. The van der Waals surface area contributed by atoms with Crippen LogP contribution in [0.4, 0.5) is 4.79 Å². The van der Waals surface area contributed by atoms with Gasteiger partial charge in [0, 0.05) is 27.4 Å². The first kappa shape index (κ1) is 30.3. The summed E-state index contributed by atoms with van der Waals surface area (Å²) in [6, 6.07) is 0. The normalized spacial score (nSPS) is 43.5. The van der Waals surface area contributed by atoms with Gasteiger partial charge in [-0.3, -0.25) is 9.59 Å². The monoisotopic (exact) mass is 599 g/mol. The lowest BCUT2D eigenvalue weighted by Gasteiger charge is -2.58. The fraction of sp³-hybridized carbons (Fsp3) is 0.758. The minimum atomic E-state index is -1.14. The lowest BCUT2D eigenvalue weighted by molar-refractivity contribution is -0.164. The summed E-state index contributed by atoms with van der Waals surface area (Å²) in [6.45, 7) is 7.40. The number of epoxide rings is 1. The van der Waals surface area contributed by atoms with Gasteiger partial charge in [0.15, 0.2) is 17.5 Å². The Labute approximate surface area is 253 Å². The van der Waals surface area contributed by atoms with Crippen LogP contribution in [0.2, 0.25) is 0 Å². The van der Waals surface area contributed by atoms with Crippen molar-refractivity contribution >= 4 is 23.8 Å². The first-order valence-electron chi connectivity index (χ1n) is 15.7. The molecule has 4 aliphatic carbocycles. The fourth-order valence-electron chi connectivity index (χ4n) is 10.2. The summed E-state index contributed by atoms with van der Waals surface area (Å²) < 4.78 is 23.3. The largest absolute Gasteiger partial charge is 0.461 e. The van der Waals surface area contributed by atoms with Crippen LogP contribution in [0.25, 0.3) is 0 Å². The van der Waals surface area contributed by atoms with Crippen molar-refractivity contribution in [1.82, 2.24) is 4.90 Å². The Morgan fingerprint density at radius 1 is 1.19 bits per heavy atom. The number of amides is 1. The lowest BCUT2D eigenvalue weighted by atomic mass is 9.44. The van der Waals surface area contributed by atoms with E-state index in [1.54, 1.807) is 20.2 Å². The average Bonchev–Trinajstić information content (AvgIpc) is 3.57. The number of hydrogen-bond donors (Lipinski definition) is 1. The Balaban J connectivity index is 1.24. The molecule has 0 bridgehead atoms. The Morgan fingerprint density at radius 2 is 1.93 bits per heavy atom. The molecule has 11 atom stereocenters. The molecule has 1 spiro atoms. The van der Waals surface area contributed by atoms with E-state index >= 15 is 0 Å². The zero-order valence-electron chi connectivity index (χ0n) is 26.1. The first-order valence-corrected chi connectivity index (χ1v) is 15.7. The third-order valence-electron chi connectivity index (χ3n) is 12.4. The van der Waals surface area contributed by atoms with Gasteiger partial charge in [0.2, 0.25) is 0 Å². The maximum absolute atomic E-state index is 13.8. The number of aliphatic hydroxyl groups excluding tert-OH is 1. The lowest BCUT2D eigenvalue weighted by Crippen LogP contribution is -2.67. The van der Waals surface area contributed by atoms with Crippen molar-refractivity contribution in [3.05, 3.63) is 23.3 Å². The van der Waals surface area contributed by atoms with Crippen LogP contribution in [0.3, 0.4) is 0 Å². The van der Waals surface area contributed by atoms with Crippen molar-refractivity contribution in [3.8, 4) is 0 Å². The second-order valence-electron chi connectivity index (χ2n) is 14.3. The zero-order valence-corrected chi connectivity index (χ0v) is 26.1. The average molecular weight is 600 g/mol. The first-order chi connectivity index (χ1) is 20.3. The highest BCUT2D eigenvalue weighted by Crippen LogP contribution is 2.73. The molecule has 0 aromatic heterocycles. The number of ketones is 1. The van der Waals surface area contributed by atoms with Crippen molar-refractivity contribution in [2.75, 3.05) is 27.3 Å².